The second-order valence-electron chi connectivity index (χ2n) is 7.43. The van der Waals surface area contributed by atoms with E-state index in [9.17, 15) is 0 Å². The van der Waals surface area contributed by atoms with Gasteiger partial charge in [0, 0.05) is 17.1 Å². The normalized spacial score (nSPS) is 10.9. The Kier molecular flexibility index (Phi) is 6.13. The molecular weight excluding hydrogens is 418 g/mol. The zero-order chi connectivity index (χ0) is 23.3. The van der Waals surface area contributed by atoms with Crippen LogP contribution in [0.4, 0.5) is 17.1 Å². The third-order valence-electron chi connectivity index (χ3n) is 4.63. The number of ether oxygens (including phenoxy) is 4. The summed E-state index contributed by atoms with van der Waals surface area (Å²) in [6, 6.07) is 27.8. The lowest BCUT2D eigenvalue weighted by Crippen LogP contribution is -2.53. The van der Waals surface area contributed by atoms with Gasteiger partial charge in [-0.2, -0.15) is 0 Å². The van der Waals surface area contributed by atoms with Crippen LogP contribution in [0.1, 0.15) is 5.56 Å². The molecule has 0 unspecified atom stereocenters. The number of hydrogen-bond acceptors (Lipinski definition) is 7. The molecule has 33 heavy (non-hydrogen) atoms. The van der Waals surface area contributed by atoms with Crippen molar-refractivity contribution in [3.8, 4) is 23.0 Å². The molecule has 168 valence electrons. The van der Waals surface area contributed by atoms with Gasteiger partial charge >= 0.3 is 6.16 Å². The van der Waals surface area contributed by atoms with Gasteiger partial charge < -0.3 is 36.1 Å². The molecule has 0 aliphatic carbocycles. The van der Waals surface area contributed by atoms with Crippen molar-refractivity contribution in [2.75, 3.05) is 17.2 Å². The van der Waals surface area contributed by atoms with Crippen LogP contribution in [-0.2, 0) is 0 Å². The molecule has 7 heteroatoms. The van der Waals surface area contributed by atoms with Gasteiger partial charge in [-0.25, -0.2) is 0 Å². The van der Waals surface area contributed by atoms with E-state index in [-0.39, 0.29) is 0 Å². The molecule has 0 aliphatic heterocycles. The van der Waals surface area contributed by atoms with Crippen LogP contribution in [-0.4, -0.2) is 6.16 Å². The first-order valence-electron chi connectivity index (χ1n) is 10.3. The minimum absolute atomic E-state index is 0.419. The number of aryl methyl sites for hydroxylation is 1. The van der Waals surface area contributed by atoms with Crippen molar-refractivity contribution in [2.24, 2.45) is 0 Å². The van der Waals surface area contributed by atoms with E-state index in [4.69, 9.17) is 36.1 Å². The summed E-state index contributed by atoms with van der Waals surface area (Å²) < 4.78 is 24.7. The van der Waals surface area contributed by atoms with E-state index in [1.54, 1.807) is 84.9 Å². The van der Waals surface area contributed by atoms with Gasteiger partial charge in [-0.05, 0) is 91.9 Å². The van der Waals surface area contributed by atoms with Gasteiger partial charge in [0.25, 0.3) is 0 Å². The van der Waals surface area contributed by atoms with Crippen molar-refractivity contribution in [1.29, 1.82) is 0 Å². The van der Waals surface area contributed by atoms with E-state index in [1.807, 2.05) is 19.1 Å². The first kappa shape index (κ1) is 21.7. The van der Waals surface area contributed by atoms with Gasteiger partial charge in [0.1, 0.15) is 23.0 Å². The highest BCUT2D eigenvalue weighted by Crippen LogP contribution is 2.31. The lowest BCUT2D eigenvalue weighted by Gasteiger charge is -2.32. The molecular formula is C26H25N3O4. The van der Waals surface area contributed by atoms with Crippen LogP contribution in [0, 0.1) is 6.92 Å². The number of nitrogen functional groups attached to an aromatic ring is 3. The Morgan fingerprint density at radius 1 is 0.424 bits per heavy atom. The lowest BCUT2D eigenvalue weighted by molar-refractivity contribution is -0.367. The molecule has 0 radical (unpaired) electrons. The highest BCUT2D eigenvalue weighted by atomic mass is 17.0. The van der Waals surface area contributed by atoms with E-state index in [2.05, 4.69) is 0 Å². The van der Waals surface area contributed by atoms with Gasteiger partial charge in [-0.1, -0.05) is 17.7 Å². The second kappa shape index (κ2) is 9.32. The highest BCUT2D eigenvalue weighted by molar-refractivity contribution is 5.44. The zero-order valence-electron chi connectivity index (χ0n) is 18.1. The third-order valence-corrected chi connectivity index (χ3v) is 4.63. The summed E-state index contributed by atoms with van der Waals surface area (Å²) >= 11 is 0. The Hall–Kier alpha value is -4.52. The first-order chi connectivity index (χ1) is 15.9. The van der Waals surface area contributed by atoms with Gasteiger partial charge in [-0.3, -0.25) is 0 Å². The molecule has 0 heterocycles. The minimum atomic E-state index is -2.03. The average molecular weight is 444 g/mol. The van der Waals surface area contributed by atoms with Crippen LogP contribution in [0.3, 0.4) is 0 Å². The Labute approximate surface area is 192 Å². The van der Waals surface area contributed by atoms with Crippen molar-refractivity contribution >= 4 is 17.1 Å². The molecule has 0 aliphatic rings. The van der Waals surface area contributed by atoms with Gasteiger partial charge in [0.05, 0.1) is 0 Å². The Morgan fingerprint density at radius 2 is 0.667 bits per heavy atom. The minimum Gasteiger partial charge on any atom is -0.399 e. The summed E-state index contributed by atoms with van der Waals surface area (Å²) in [7, 11) is 0. The molecule has 4 aromatic carbocycles. The van der Waals surface area contributed by atoms with Crippen LogP contribution >= 0.6 is 0 Å². The molecule has 0 saturated heterocycles. The molecule has 0 aromatic heterocycles. The maximum Gasteiger partial charge on any atom is 0.611 e. The average Bonchev–Trinajstić information content (AvgIpc) is 2.80. The van der Waals surface area contributed by atoms with Crippen LogP contribution in [0.15, 0.2) is 97.1 Å². The fourth-order valence-corrected chi connectivity index (χ4v) is 2.92. The monoisotopic (exact) mass is 443 g/mol. The fourth-order valence-electron chi connectivity index (χ4n) is 2.92. The predicted octanol–water partition coefficient (Wildman–Crippen LogP) is 4.97. The third kappa shape index (κ3) is 5.80. The molecule has 0 amide bonds. The number of benzene rings is 4. The molecule has 4 aromatic rings. The summed E-state index contributed by atoms with van der Waals surface area (Å²) in [6.45, 7) is 1.98. The molecule has 6 N–H and O–H groups in total. The SMILES string of the molecule is Cc1ccc(OC(Oc2ccc(N)cc2)(Oc2ccc(N)cc2)Oc2ccc(N)cc2)cc1. The molecule has 0 atom stereocenters. The van der Waals surface area contributed by atoms with E-state index < -0.39 is 6.16 Å². The summed E-state index contributed by atoms with van der Waals surface area (Å²) in [6.07, 6.45) is -2.03. The maximum absolute atomic E-state index is 6.20. The van der Waals surface area contributed by atoms with Gasteiger partial charge in [0.15, 0.2) is 0 Å². The Bertz CT molecular complexity index is 981. The van der Waals surface area contributed by atoms with Crippen molar-refractivity contribution in [2.45, 2.75) is 13.1 Å². The van der Waals surface area contributed by atoms with Gasteiger partial charge in [0.2, 0.25) is 0 Å². The van der Waals surface area contributed by atoms with Gasteiger partial charge in [-0.15, -0.1) is 0 Å². The lowest BCUT2D eigenvalue weighted by atomic mass is 10.2. The van der Waals surface area contributed by atoms with Crippen LogP contribution in [0.5, 0.6) is 23.0 Å². The molecule has 0 saturated carbocycles. The van der Waals surface area contributed by atoms with Crippen LogP contribution in [0.2, 0.25) is 0 Å². The van der Waals surface area contributed by atoms with Crippen molar-refractivity contribution < 1.29 is 18.9 Å². The maximum atomic E-state index is 6.20. The van der Waals surface area contributed by atoms with E-state index in [0.717, 1.165) is 5.56 Å². The molecule has 7 nitrogen and oxygen atoms in total. The Balaban J connectivity index is 1.77. The second-order valence-corrected chi connectivity index (χ2v) is 7.43. The quantitative estimate of drug-likeness (QED) is 0.260. The zero-order valence-corrected chi connectivity index (χ0v) is 18.1. The standard InChI is InChI=1S/C26H25N3O4/c1-18-2-10-22(11-3-18)30-26(31-23-12-4-19(27)5-13-23,32-24-14-6-20(28)7-15-24)33-25-16-8-21(29)9-17-25/h2-17H,27-29H2,1H3. The molecule has 4 rings (SSSR count). The highest BCUT2D eigenvalue weighted by Gasteiger charge is 2.43. The largest absolute Gasteiger partial charge is 0.611 e. The smallest absolute Gasteiger partial charge is 0.399 e. The number of nitrogens with two attached hydrogens (primary N) is 3. The van der Waals surface area contributed by atoms with E-state index in [1.165, 1.54) is 0 Å². The number of rotatable bonds is 8. The summed E-state index contributed by atoms with van der Waals surface area (Å²) in [4.78, 5) is 0. The summed E-state index contributed by atoms with van der Waals surface area (Å²) in [5.74, 6) is 1.73. The summed E-state index contributed by atoms with van der Waals surface area (Å²) in [5, 5.41) is 0. The first-order valence-corrected chi connectivity index (χ1v) is 10.3. The Morgan fingerprint density at radius 3 is 0.939 bits per heavy atom. The van der Waals surface area contributed by atoms with E-state index in [0.29, 0.717) is 40.1 Å². The fraction of sp³-hybridized carbons (Fsp3) is 0.0769. The predicted molar refractivity (Wildman–Crippen MR) is 129 cm³/mol. The van der Waals surface area contributed by atoms with Crippen molar-refractivity contribution in [3.05, 3.63) is 103 Å². The topological polar surface area (TPSA) is 115 Å². The van der Waals surface area contributed by atoms with Crippen molar-refractivity contribution in [1.82, 2.24) is 0 Å². The molecule has 0 spiro atoms. The number of hydrogen-bond donors (Lipinski definition) is 3. The van der Waals surface area contributed by atoms with Crippen LogP contribution in [0.25, 0.3) is 0 Å². The van der Waals surface area contributed by atoms with Crippen molar-refractivity contribution in [3.63, 3.8) is 0 Å². The number of anilines is 3. The summed E-state index contributed by atoms with van der Waals surface area (Å²) in [5.41, 5.74) is 20.3. The molecule has 0 bridgehead atoms. The van der Waals surface area contributed by atoms with E-state index >= 15 is 0 Å². The van der Waals surface area contributed by atoms with Crippen LogP contribution < -0.4 is 36.1 Å². The molecule has 0 fully saturated rings.